The highest BCUT2D eigenvalue weighted by molar-refractivity contribution is 6.28. The van der Waals surface area contributed by atoms with E-state index >= 15 is 0 Å². The van der Waals surface area contributed by atoms with Crippen LogP contribution in [0.2, 0.25) is 5.28 Å². The van der Waals surface area contributed by atoms with Gasteiger partial charge in [-0.15, -0.1) is 0 Å². The molecule has 2 aromatic heterocycles. The average molecular weight is 344 g/mol. The number of alkyl halides is 1. The molecular weight excluding hydrogens is 325 g/mol. The molecule has 1 saturated heterocycles. The van der Waals surface area contributed by atoms with Crippen molar-refractivity contribution in [2.45, 2.75) is 51.3 Å². The fourth-order valence-corrected chi connectivity index (χ4v) is 2.87. The molecular formula is C14H19ClFN5O2. The summed E-state index contributed by atoms with van der Waals surface area (Å²) in [6, 6.07) is 0. The minimum atomic E-state index is -1.56. The van der Waals surface area contributed by atoms with E-state index in [4.69, 9.17) is 16.3 Å². The van der Waals surface area contributed by atoms with Crippen molar-refractivity contribution < 1.29 is 14.2 Å². The number of hydrogen-bond donors (Lipinski definition) is 2. The third-order valence-electron chi connectivity index (χ3n) is 3.91. The quantitative estimate of drug-likeness (QED) is 0.810. The molecule has 4 atom stereocenters. The fraction of sp³-hybridized carbons (Fsp3) is 0.643. The van der Waals surface area contributed by atoms with E-state index in [1.54, 1.807) is 0 Å². The van der Waals surface area contributed by atoms with Crippen molar-refractivity contribution in [3.05, 3.63) is 11.6 Å². The number of hydrogen-bond acceptors (Lipinski definition) is 6. The molecule has 1 fully saturated rings. The van der Waals surface area contributed by atoms with Gasteiger partial charge in [0.15, 0.2) is 29.4 Å². The fourth-order valence-electron chi connectivity index (χ4n) is 2.71. The van der Waals surface area contributed by atoms with Crippen molar-refractivity contribution in [2.75, 3.05) is 11.9 Å². The van der Waals surface area contributed by atoms with Crippen molar-refractivity contribution >= 4 is 28.6 Å². The van der Waals surface area contributed by atoms with Crippen LogP contribution in [0.25, 0.3) is 11.2 Å². The number of aliphatic hydroxyl groups is 1. The highest BCUT2D eigenvalue weighted by Crippen LogP contribution is 2.35. The van der Waals surface area contributed by atoms with Crippen molar-refractivity contribution in [1.29, 1.82) is 0 Å². The first-order valence-corrected chi connectivity index (χ1v) is 8.06. The van der Waals surface area contributed by atoms with Crippen LogP contribution < -0.4 is 5.32 Å². The second-order valence-corrected chi connectivity index (χ2v) is 5.84. The van der Waals surface area contributed by atoms with Gasteiger partial charge in [0.1, 0.15) is 6.10 Å². The highest BCUT2D eigenvalue weighted by Gasteiger charge is 2.44. The van der Waals surface area contributed by atoms with Gasteiger partial charge in [0.25, 0.3) is 0 Å². The summed E-state index contributed by atoms with van der Waals surface area (Å²) in [5.74, 6) is 0.501. The topological polar surface area (TPSA) is 85.1 Å². The van der Waals surface area contributed by atoms with E-state index in [1.165, 1.54) is 10.9 Å². The van der Waals surface area contributed by atoms with Gasteiger partial charge in [0, 0.05) is 6.54 Å². The molecule has 23 heavy (non-hydrogen) atoms. The number of nitrogens with zero attached hydrogens (tertiary/aromatic N) is 4. The molecule has 0 aromatic carbocycles. The van der Waals surface area contributed by atoms with Crippen molar-refractivity contribution in [1.82, 2.24) is 19.5 Å². The molecule has 1 aliphatic heterocycles. The van der Waals surface area contributed by atoms with Crippen LogP contribution in [-0.2, 0) is 4.74 Å². The maximum atomic E-state index is 14.4. The Hall–Kier alpha value is -1.51. The molecule has 0 amide bonds. The molecule has 0 bridgehead atoms. The molecule has 7 nitrogen and oxygen atoms in total. The Kier molecular flexibility index (Phi) is 4.65. The van der Waals surface area contributed by atoms with E-state index in [0.717, 1.165) is 6.42 Å². The molecule has 0 aliphatic carbocycles. The van der Waals surface area contributed by atoms with Crippen LogP contribution in [-0.4, -0.2) is 49.5 Å². The lowest BCUT2D eigenvalue weighted by atomic mass is 10.1. The Bertz CT molecular complexity index is 697. The predicted molar refractivity (Wildman–Crippen MR) is 84.2 cm³/mol. The van der Waals surface area contributed by atoms with Crippen LogP contribution in [0.1, 0.15) is 32.9 Å². The second kappa shape index (κ2) is 6.54. The SMILES string of the molecule is CCCNc1nc(Cl)nc2c1ncn2[C@@H]1O[C@H](CC)[C@@H](O)[C@@H]1F. The molecule has 0 unspecified atom stereocenters. The zero-order valence-electron chi connectivity index (χ0n) is 12.9. The van der Waals surface area contributed by atoms with Crippen molar-refractivity contribution in [3.8, 4) is 0 Å². The Morgan fingerprint density at radius 1 is 1.43 bits per heavy atom. The van der Waals surface area contributed by atoms with Gasteiger partial charge >= 0.3 is 0 Å². The summed E-state index contributed by atoms with van der Waals surface area (Å²) in [4.78, 5) is 12.5. The number of aromatic nitrogens is 4. The number of halogens is 2. The van der Waals surface area contributed by atoms with Crippen molar-refractivity contribution in [2.24, 2.45) is 0 Å². The molecule has 126 valence electrons. The van der Waals surface area contributed by atoms with E-state index in [1.807, 2.05) is 13.8 Å². The van der Waals surface area contributed by atoms with Crippen LogP contribution in [0.4, 0.5) is 10.2 Å². The van der Waals surface area contributed by atoms with Crippen LogP contribution in [0.15, 0.2) is 6.33 Å². The lowest BCUT2D eigenvalue weighted by Crippen LogP contribution is -2.27. The Labute approximate surface area is 137 Å². The number of aliphatic hydroxyl groups excluding tert-OH is 1. The first kappa shape index (κ1) is 16.4. The summed E-state index contributed by atoms with van der Waals surface area (Å²) in [5.41, 5.74) is 0.869. The summed E-state index contributed by atoms with van der Waals surface area (Å²) < 4.78 is 21.5. The summed E-state index contributed by atoms with van der Waals surface area (Å²) in [6.45, 7) is 4.57. The lowest BCUT2D eigenvalue weighted by molar-refractivity contribution is -0.0238. The van der Waals surface area contributed by atoms with E-state index < -0.39 is 24.6 Å². The maximum Gasteiger partial charge on any atom is 0.226 e. The summed E-state index contributed by atoms with van der Waals surface area (Å²) in [5, 5.41) is 13.1. The summed E-state index contributed by atoms with van der Waals surface area (Å²) in [6.07, 6.45) is -1.40. The number of anilines is 1. The first-order chi connectivity index (χ1) is 11.1. The van der Waals surface area contributed by atoms with Gasteiger partial charge in [-0.1, -0.05) is 13.8 Å². The smallest absolute Gasteiger partial charge is 0.226 e. The Morgan fingerprint density at radius 2 is 2.22 bits per heavy atom. The zero-order chi connectivity index (χ0) is 16.6. The minimum absolute atomic E-state index is 0.0406. The highest BCUT2D eigenvalue weighted by atomic mass is 35.5. The van der Waals surface area contributed by atoms with Gasteiger partial charge in [-0.3, -0.25) is 4.57 Å². The van der Waals surface area contributed by atoms with E-state index in [2.05, 4.69) is 20.3 Å². The largest absolute Gasteiger partial charge is 0.387 e. The number of nitrogens with one attached hydrogen (secondary N) is 1. The van der Waals surface area contributed by atoms with Gasteiger partial charge < -0.3 is 15.2 Å². The number of fused-ring (bicyclic) bond motifs is 1. The summed E-state index contributed by atoms with van der Waals surface area (Å²) >= 11 is 5.97. The molecule has 1 aliphatic rings. The molecule has 0 radical (unpaired) electrons. The van der Waals surface area contributed by atoms with Gasteiger partial charge in [-0.05, 0) is 24.4 Å². The predicted octanol–water partition coefficient (Wildman–Crippen LogP) is 2.31. The Balaban J connectivity index is 2.01. The Morgan fingerprint density at radius 3 is 2.87 bits per heavy atom. The minimum Gasteiger partial charge on any atom is -0.387 e. The number of ether oxygens (including phenoxy) is 1. The lowest BCUT2D eigenvalue weighted by Gasteiger charge is -2.15. The normalized spacial score (nSPS) is 27.7. The average Bonchev–Trinajstić information content (AvgIpc) is 3.07. The molecule has 0 spiro atoms. The zero-order valence-corrected chi connectivity index (χ0v) is 13.7. The van der Waals surface area contributed by atoms with Gasteiger partial charge in [0.05, 0.1) is 12.4 Å². The molecule has 9 heteroatoms. The van der Waals surface area contributed by atoms with Crippen LogP contribution in [0, 0.1) is 0 Å². The third kappa shape index (κ3) is 2.86. The van der Waals surface area contributed by atoms with E-state index in [9.17, 15) is 9.50 Å². The number of imidazole rings is 1. The molecule has 2 aromatic rings. The molecule has 2 N–H and O–H groups in total. The molecule has 3 rings (SSSR count). The monoisotopic (exact) mass is 343 g/mol. The van der Waals surface area contributed by atoms with Gasteiger partial charge in [-0.25, -0.2) is 9.37 Å². The van der Waals surface area contributed by atoms with E-state index in [0.29, 0.717) is 29.9 Å². The molecule has 0 saturated carbocycles. The van der Waals surface area contributed by atoms with Crippen LogP contribution >= 0.6 is 11.6 Å². The third-order valence-corrected chi connectivity index (χ3v) is 4.08. The first-order valence-electron chi connectivity index (χ1n) is 7.68. The van der Waals surface area contributed by atoms with Crippen LogP contribution in [0.3, 0.4) is 0 Å². The van der Waals surface area contributed by atoms with E-state index in [-0.39, 0.29) is 5.28 Å². The summed E-state index contributed by atoms with van der Waals surface area (Å²) in [7, 11) is 0. The number of rotatable bonds is 5. The van der Waals surface area contributed by atoms with Gasteiger partial charge in [-0.2, -0.15) is 9.97 Å². The van der Waals surface area contributed by atoms with Crippen LogP contribution in [0.5, 0.6) is 0 Å². The standard InChI is InChI=1S/C14H19ClFN5O2/c1-3-5-17-11-9-12(20-14(15)19-11)21(6-18-9)13-8(16)10(22)7(4-2)23-13/h6-8,10,13,22H,3-5H2,1-2H3,(H,17,19,20)/t7-,8+,10-,13-/m1/s1. The van der Waals surface area contributed by atoms with Gasteiger partial charge in [0.2, 0.25) is 5.28 Å². The molecule has 3 heterocycles. The van der Waals surface area contributed by atoms with Crippen molar-refractivity contribution in [3.63, 3.8) is 0 Å². The maximum absolute atomic E-state index is 14.4. The second-order valence-electron chi connectivity index (χ2n) is 5.50.